The van der Waals surface area contributed by atoms with E-state index in [-0.39, 0.29) is 6.04 Å². The summed E-state index contributed by atoms with van der Waals surface area (Å²) in [7, 11) is 1.68. The minimum Gasteiger partial charge on any atom is -0.493 e. The molecular weight excluding hydrogens is 250 g/mol. The average Bonchev–Trinajstić information content (AvgIpc) is 2.44. The third-order valence-electron chi connectivity index (χ3n) is 3.46. The van der Waals surface area contributed by atoms with E-state index in [9.17, 15) is 0 Å². The van der Waals surface area contributed by atoms with Gasteiger partial charge >= 0.3 is 0 Å². The van der Waals surface area contributed by atoms with Crippen molar-refractivity contribution in [2.24, 2.45) is 11.7 Å². The first kappa shape index (κ1) is 16.8. The van der Waals surface area contributed by atoms with Gasteiger partial charge in [-0.2, -0.15) is 0 Å². The number of rotatable bonds is 9. The molecule has 0 aliphatic carbocycles. The van der Waals surface area contributed by atoms with E-state index in [1.54, 1.807) is 7.11 Å². The Morgan fingerprint density at radius 2 is 2.00 bits per heavy atom. The standard InChI is InChI=1S/C17H29NO2/c1-5-15(18)12-14-9-6-10-16(19-4)17(14)20-11-7-8-13(2)3/h6,9-10,13,15H,5,7-8,11-12,18H2,1-4H3. The minimum absolute atomic E-state index is 0.167. The normalized spacial score (nSPS) is 12.5. The summed E-state index contributed by atoms with van der Waals surface area (Å²) in [6, 6.07) is 6.19. The number of ether oxygens (including phenoxy) is 2. The van der Waals surface area contributed by atoms with Gasteiger partial charge in [-0.1, -0.05) is 32.9 Å². The average molecular weight is 279 g/mol. The van der Waals surface area contributed by atoms with Crippen LogP contribution in [0.5, 0.6) is 11.5 Å². The number of benzene rings is 1. The predicted octanol–water partition coefficient (Wildman–Crippen LogP) is 3.79. The van der Waals surface area contributed by atoms with Crippen LogP contribution in [0.3, 0.4) is 0 Å². The summed E-state index contributed by atoms with van der Waals surface area (Å²) in [5, 5.41) is 0. The fraction of sp³-hybridized carbons (Fsp3) is 0.647. The van der Waals surface area contributed by atoms with Crippen LogP contribution in [-0.2, 0) is 6.42 Å². The molecule has 0 amide bonds. The maximum Gasteiger partial charge on any atom is 0.164 e. The lowest BCUT2D eigenvalue weighted by Gasteiger charge is -2.17. The summed E-state index contributed by atoms with van der Waals surface area (Å²) in [6.07, 6.45) is 4.03. The number of hydrogen-bond acceptors (Lipinski definition) is 3. The number of methoxy groups -OCH3 is 1. The Hall–Kier alpha value is -1.22. The molecule has 1 atom stereocenters. The summed E-state index contributed by atoms with van der Waals surface area (Å²) in [5.74, 6) is 2.38. The summed E-state index contributed by atoms with van der Waals surface area (Å²) >= 11 is 0. The third kappa shape index (κ3) is 5.41. The van der Waals surface area contributed by atoms with Crippen LogP contribution >= 0.6 is 0 Å². The first-order valence-electron chi connectivity index (χ1n) is 7.62. The molecule has 0 aromatic heterocycles. The lowest BCUT2D eigenvalue weighted by atomic mass is 10.0. The van der Waals surface area contributed by atoms with Gasteiger partial charge < -0.3 is 15.2 Å². The second kappa shape index (κ2) is 8.85. The molecule has 0 aliphatic heterocycles. The Balaban J connectivity index is 2.73. The number of para-hydroxylation sites is 1. The van der Waals surface area contributed by atoms with Crippen LogP contribution in [0.15, 0.2) is 18.2 Å². The van der Waals surface area contributed by atoms with Crippen molar-refractivity contribution in [1.29, 1.82) is 0 Å². The van der Waals surface area contributed by atoms with E-state index in [4.69, 9.17) is 15.2 Å². The van der Waals surface area contributed by atoms with Crippen molar-refractivity contribution in [3.8, 4) is 11.5 Å². The van der Waals surface area contributed by atoms with Crippen LogP contribution in [0.25, 0.3) is 0 Å². The Labute approximate surface area is 123 Å². The summed E-state index contributed by atoms with van der Waals surface area (Å²) < 4.78 is 11.4. The zero-order chi connectivity index (χ0) is 15.0. The molecule has 1 unspecified atom stereocenters. The van der Waals surface area contributed by atoms with Crippen LogP contribution in [0.4, 0.5) is 0 Å². The second-order valence-electron chi connectivity index (χ2n) is 5.71. The zero-order valence-corrected chi connectivity index (χ0v) is 13.3. The van der Waals surface area contributed by atoms with Crippen molar-refractivity contribution in [2.75, 3.05) is 13.7 Å². The van der Waals surface area contributed by atoms with Crippen LogP contribution in [0.1, 0.15) is 45.6 Å². The van der Waals surface area contributed by atoms with Gasteiger partial charge in [0.25, 0.3) is 0 Å². The molecule has 3 nitrogen and oxygen atoms in total. The van der Waals surface area contributed by atoms with Gasteiger partial charge in [0.2, 0.25) is 0 Å². The van der Waals surface area contributed by atoms with Crippen molar-refractivity contribution in [3.63, 3.8) is 0 Å². The lowest BCUT2D eigenvalue weighted by molar-refractivity contribution is 0.276. The van der Waals surface area contributed by atoms with E-state index >= 15 is 0 Å². The predicted molar refractivity (Wildman–Crippen MR) is 84.5 cm³/mol. The summed E-state index contributed by atoms with van der Waals surface area (Å²) in [4.78, 5) is 0. The van der Waals surface area contributed by atoms with E-state index in [0.29, 0.717) is 5.92 Å². The number of nitrogens with two attached hydrogens (primary N) is 1. The van der Waals surface area contributed by atoms with Gasteiger partial charge in [-0.15, -0.1) is 0 Å². The molecule has 2 N–H and O–H groups in total. The van der Waals surface area contributed by atoms with Crippen LogP contribution in [0.2, 0.25) is 0 Å². The third-order valence-corrected chi connectivity index (χ3v) is 3.46. The Morgan fingerprint density at radius 3 is 2.60 bits per heavy atom. The highest BCUT2D eigenvalue weighted by molar-refractivity contribution is 5.47. The van der Waals surface area contributed by atoms with Crippen molar-refractivity contribution in [3.05, 3.63) is 23.8 Å². The highest BCUT2D eigenvalue weighted by atomic mass is 16.5. The SMILES string of the molecule is CCC(N)Cc1cccc(OC)c1OCCCC(C)C. The fourth-order valence-electron chi connectivity index (χ4n) is 2.14. The molecule has 0 saturated carbocycles. The largest absolute Gasteiger partial charge is 0.493 e. The fourth-order valence-corrected chi connectivity index (χ4v) is 2.14. The quantitative estimate of drug-likeness (QED) is 0.699. The van der Waals surface area contributed by atoms with E-state index in [0.717, 1.165) is 42.9 Å². The first-order chi connectivity index (χ1) is 9.58. The van der Waals surface area contributed by atoms with E-state index < -0.39 is 0 Å². The maximum atomic E-state index is 6.06. The van der Waals surface area contributed by atoms with E-state index in [1.165, 1.54) is 6.42 Å². The minimum atomic E-state index is 0.167. The maximum absolute atomic E-state index is 6.06. The molecule has 0 bridgehead atoms. The molecule has 20 heavy (non-hydrogen) atoms. The molecule has 1 aromatic rings. The highest BCUT2D eigenvalue weighted by Crippen LogP contribution is 2.32. The molecule has 0 radical (unpaired) electrons. The molecule has 0 heterocycles. The number of hydrogen-bond donors (Lipinski definition) is 1. The smallest absolute Gasteiger partial charge is 0.164 e. The molecule has 0 saturated heterocycles. The Morgan fingerprint density at radius 1 is 1.25 bits per heavy atom. The Bertz CT molecular complexity index is 391. The van der Waals surface area contributed by atoms with Gasteiger partial charge in [0.05, 0.1) is 13.7 Å². The molecule has 0 aliphatic rings. The second-order valence-corrected chi connectivity index (χ2v) is 5.71. The first-order valence-corrected chi connectivity index (χ1v) is 7.62. The van der Waals surface area contributed by atoms with Gasteiger partial charge in [0, 0.05) is 6.04 Å². The summed E-state index contributed by atoms with van der Waals surface area (Å²) in [6.45, 7) is 7.30. The van der Waals surface area contributed by atoms with Crippen LogP contribution < -0.4 is 15.2 Å². The monoisotopic (exact) mass is 279 g/mol. The van der Waals surface area contributed by atoms with Gasteiger partial charge in [-0.3, -0.25) is 0 Å². The molecule has 3 heteroatoms. The summed E-state index contributed by atoms with van der Waals surface area (Å²) in [5.41, 5.74) is 7.21. The molecule has 1 rings (SSSR count). The van der Waals surface area contributed by atoms with Gasteiger partial charge in [-0.25, -0.2) is 0 Å². The van der Waals surface area contributed by atoms with Crippen LogP contribution in [0, 0.1) is 5.92 Å². The molecular formula is C17H29NO2. The van der Waals surface area contributed by atoms with Crippen molar-refractivity contribution in [1.82, 2.24) is 0 Å². The zero-order valence-electron chi connectivity index (χ0n) is 13.3. The van der Waals surface area contributed by atoms with Gasteiger partial charge in [-0.05, 0) is 43.2 Å². The molecule has 1 aromatic carbocycles. The molecule has 0 fully saturated rings. The van der Waals surface area contributed by atoms with E-state index in [1.807, 2.05) is 12.1 Å². The molecule has 114 valence electrons. The molecule has 0 spiro atoms. The highest BCUT2D eigenvalue weighted by Gasteiger charge is 2.13. The van der Waals surface area contributed by atoms with E-state index in [2.05, 4.69) is 26.8 Å². The Kier molecular flexibility index (Phi) is 7.45. The van der Waals surface area contributed by atoms with Crippen molar-refractivity contribution in [2.45, 2.75) is 52.5 Å². The van der Waals surface area contributed by atoms with Gasteiger partial charge in [0.15, 0.2) is 11.5 Å². The van der Waals surface area contributed by atoms with Crippen molar-refractivity contribution >= 4 is 0 Å². The van der Waals surface area contributed by atoms with Crippen molar-refractivity contribution < 1.29 is 9.47 Å². The lowest BCUT2D eigenvalue weighted by Crippen LogP contribution is -2.22. The topological polar surface area (TPSA) is 44.5 Å². The van der Waals surface area contributed by atoms with Crippen LogP contribution in [-0.4, -0.2) is 19.8 Å². The van der Waals surface area contributed by atoms with Gasteiger partial charge in [0.1, 0.15) is 0 Å².